The number of nitrogens with one attached hydrogen (secondary N) is 2. The van der Waals surface area contributed by atoms with E-state index in [4.69, 9.17) is 5.11 Å². The predicted molar refractivity (Wildman–Crippen MR) is 57.5 cm³/mol. The second-order valence-electron chi connectivity index (χ2n) is 3.69. The average Bonchev–Trinajstić information content (AvgIpc) is 3.02. The summed E-state index contributed by atoms with van der Waals surface area (Å²) in [6.07, 6.45) is 2.13. The zero-order chi connectivity index (χ0) is 10.7. The first-order valence-corrected chi connectivity index (χ1v) is 5.06. The van der Waals surface area contributed by atoms with Crippen molar-refractivity contribution in [3.8, 4) is 0 Å². The van der Waals surface area contributed by atoms with E-state index in [2.05, 4.69) is 10.6 Å². The van der Waals surface area contributed by atoms with Gasteiger partial charge in [0.2, 0.25) is 0 Å². The second-order valence-corrected chi connectivity index (χ2v) is 3.69. The molecule has 0 saturated heterocycles. The highest BCUT2D eigenvalue weighted by Gasteiger charge is 2.23. The fourth-order valence-corrected chi connectivity index (χ4v) is 1.35. The van der Waals surface area contributed by atoms with Crippen LogP contribution in [0, 0.1) is 0 Å². The van der Waals surface area contributed by atoms with Gasteiger partial charge in [-0.2, -0.15) is 0 Å². The molecule has 0 aromatic heterocycles. The van der Waals surface area contributed by atoms with Gasteiger partial charge in [0.25, 0.3) is 0 Å². The Morgan fingerprint density at radius 2 is 2.13 bits per heavy atom. The first kappa shape index (κ1) is 9.98. The molecule has 1 saturated carbocycles. The Morgan fingerprint density at radius 1 is 1.40 bits per heavy atom. The molecule has 0 radical (unpaired) electrons. The monoisotopic (exact) mass is 206 g/mol. The lowest BCUT2D eigenvalue weighted by molar-refractivity contribution is 0.251. The number of anilines is 1. The van der Waals surface area contributed by atoms with Gasteiger partial charge in [-0.25, -0.2) is 4.79 Å². The SMILES string of the molecule is O=C(Nc1ccccc1CO)NC1CC1. The molecule has 1 aliphatic rings. The summed E-state index contributed by atoms with van der Waals surface area (Å²) in [5.74, 6) is 0. The van der Waals surface area contributed by atoms with Crippen LogP contribution >= 0.6 is 0 Å². The summed E-state index contributed by atoms with van der Waals surface area (Å²) in [6, 6.07) is 7.36. The molecular weight excluding hydrogens is 192 g/mol. The van der Waals surface area contributed by atoms with E-state index in [1.54, 1.807) is 12.1 Å². The molecule has 0 unspecified atom stereocenters. The minimum atomic E-state index is -0.196. The smallest absolute Gasteiger partial charge is 0.319 e. The minimum Gasteiger partial charge on any atom is -0.392 e. The molecule has 1 aromatic carbocycles. The number of urea groups is 1. The van der Waals surface area contributed by atoms with Crippen LogP contribution in [0.1, 0.15) is 18.4 Å². The predicted octanol–water partition coefficient (Wildman–Crippen LogP) is 1.46. The number of carbonyl (C=O) groups is 1. The number of para-hydroxylation sites is 1. The fraction of sp³-hybridized carbons (Fsp3) is 0.364. The summed E-state index contributed by atoms with van der Waals surface area (Å²) in [6.45, 7) is -0.0696. The van der Waals surface area contributed by atoms with E-state index in [0.29, 0.717) is 11.7 Å². The summed E-state index contributed by atoms with van der Waals surface area (Å²) in [7, 11) is 0. The summed E-state index contributed by atoms with van der Waals surface area (Å²) < 4.78 is 0. The molecule has 0 atom stereocenters. The number of hydrogen-bond donors (Lipinski definition) is 3. The molecule has 2 amide bonds. The van der Waals surface area contributed by atoms with Gasteiger partial charge in [-0.1, -0.05) is 18.2 Å². The maximum atomic E-state index is 11.4. The third-order valence-electron chi connectivity index (χ3n) is 2.35. The summed E-state index contributed by atoms with van der Waals surface area (Å²) in [5, 5.41) is 14.6. The van der Waals surface area contributed by atoms with Gasteiger partial charge in [-0.3, -0.25) is 0 Å². The van der Waals surface area contributed by atoms with Crippen LogP contribution in [0.25, 0.3) is 0 Å². The van der Waals surface area contributed by atoms with E-state index in [-0.39, 0.29) is 12.6 Å². The maximum absolute atomic E-state index is 11.4. The number of amides is 2. The molecule has 1 aliphatic carbocycles. The van der Waals surface area contributed by atoms with E-state index < -0.39 is 0 Å². The van der Waals surface area contributed by atoms with Crippen LogP contribution in [0.2, 0.25) is 0 Å². The third kappa shape index (κ3) is 2.70. The molecular formula is C11H14N2O2. The Balaban J connectivity index is 1.98. The quantitative estimate of drug-likeness (QED) is 0.701. The number of carbonyl (C=O) groups excluding carboxylic acids is 1. The largest absolute Gasteiger partial charge is 0.392 e. The van der Waals surface area contributed by atoms with E-state index in [1.165, 1.54) is 0 Å². The van der Waals surface area contributed by atoms with Gasteiger partial charge in [0.15, 0.2) is 0 Å². The lowest BCUT2D eigenvalue weighted by Crippen LogP contribution is -2.30. The first-order chi connectivity index (χ1) is 7.29. The lowest BCUT2D eigenvalue weighted by Gasteiger charge is -2.09. The van der Waals surface area contributed by atoms with Crippen LogP contribution < -0.4 is 10.6 Å². The van der Waals surface area contributed by atoms with Crippen LogP contribution in [-0.2, 0) is 6.61 Å². The molecule has 0 bridgehead atoms. The van der Waals surface area contributed by atoms with Crippen LogP contribution in [0.3, 0.4) is 0 Å². The number of rotatable bonds is 3. The normalized spacial score (nSPS) is 14.7. The maximum Gasteiger partial charge on any atom is 0.319 e. The highest BCUT2D eigenvalue weighted by molar-refractivity contribution is 5.90. The van der Waals surface area contributed by atoms with E-state index >= 15 is 0 Å². The van der Waals surface area contributed by atoms with Gasteiger partial charge in [0.05, 0.1) is 6.61 Å². The lowest BCUT2D eigenvalue weighted by atomic mass is 10.2. The molecule has 15 heavy (non-hydrogen) atoms. The molecule has 2 rings (SSSR count). The van der Waals surface area contributed by atoms with Crippen molar-refractivity contribution in [2.45, 2.75) is 25.5 Å². The molecule has 3 N–H and O–H groups in total. The highest BCUT2D eigenvalue weighted by atomic mass is 16.3. The van der Waals surface area contributed by atoms with Crippen molar-refractivity contribution < 1.29 is 9.90 Å². The third-order valence-corrected chi connectivity index (χ3v) is 2.35. The average molecular weight is 206 g/mol. The number of aliphatic hydroxyl groups excluding tert-OH is 1. The molecule has 0 spiro atoms. The second kappa shape index (κ2) is 4.31. The van der Waals surface area contributed by atoms with Crippen LogP contribution in [0.4, 0.5) is 10.5 Å². The summed E-state index contributed by atoms with van der Waals surface area (Å²) >= 11 is 0. The summed E-state index contributed by atoms with van der Waals surface area (Å²) in [5.41, 5.74) is 1.39. The van der Waals surface area contributed by atoms with Crippen molar-refractivity contribution in [1.82, 2.24) is 5.32 Å². The van der Waals surface area contributed by atoms with Gasteiger partial charge in [-0.15, -0.1) is 0 Å². The highest BCUT2D eigenvalue weighted by Crippen LogP contribution is 2.19. The Kier molecular flexibility index (Phi) is 2.87. The Morgan fingerprint density at radius 3 is 2.80 bits per heavy atom. The van der Waals surface area contributed by atoms with Gasteiger partial charge in [-0.05, 0) is 18.9 Å². The number of aliphatic hydroxyl groups is 1. The zero-order valence-electron chi connectivity index (χ0n) is 8.36. The van der Waals surface area contributed by atoms with Crippen molar-refractivity contribution in [2.24, 2.45) is 0 Å². The van der Waals surface area contributed by atoms with Crippen molar-refractivity contribution in [3.63, 3.8) is 0 Å². The van der Waals surface area contributed by atoms with Crippen molar-refractivity contribution in [2.75, 3.05) is 5.32 Å². The van der Waals surface area contributed by atoms with Crippen molar-refractivity contribution >= 4 is 11.7 Å². The van der Waals surface area contributed by atoms with Gasteiger partial charge in [0.1, 0.15) is 0 Å². The first-order valence-electron chi connectivity index (χ1n) is 5.06. The molecule has 0 aliphatic heterocycles. The Hall–Kier alpha value is -1.55. The topological polar surface area (TPSA) is 61.4 Å². The molecule has 1 fully saturated rings. The molecule has 4 nitrogen and oxygen atoms in total. The Labute approximate surface area is 88.3 Å². The number of benzene rings is 1. The van der Waals surface area contributed by atoms with E-state index in [0.717, 1.165) is 18.4 Å². The van der Waals surface area contributed by atoms with E-state index in [9.17, 15) is 4.79 Å². The van der Waals surface area contributed by atoms with Gasteiger partial charge >= 0.3 is 6.03 Å². The zero-order valence-corrected chi connectivity index (χ0v) is 8.36. The summed E-state index contributed by atoms with van der Waals surface area (Å²) in [4.78, 5) is 11.4. The standard InChI is InChI=1S/C11H14N2O2/c14-7-8-3-1-2-4-10(8)13-11(15)12-9-5-6-9/h1-4,9,14H,5-7H2,(H2,12,13,15). The van der Waals surface area contributed by atoms with Crippen LogP contribution in [0.5, 0.6) is 0 Å². The molecule has 0 heterocycles. The molecule has 80 valence electrons. The Bertz CT molecular complexity index is 361. The van der Waals surface area contributed by atoms with Gasteiger partial charge < -0.3 is 15.7 Å². The fourth-order valence-electron chi connectivity index (χ4n) is 1.35. The van der Waals surface area contributed by atoms with Crippen molar-refractivity contribution in [3.05, 3.63) is 29.8 Å². The van der Waals surface area contributed by atoms with Crippen molar-refractivity contribution in [1.29, 1.82) is 0 Å². The van der Waals surface area contributed by atoms with Crippen LogP contribution in [-0.4, -0.2) is 17.2 Å². The number of hydrogen-bond acceptors (Lipinski definition) is 2. The molecule has 4 heteroatoms. The van der Waals surface area contributed by atoms with E-state index in [1.807, 2.05) is 12.1 Å². The van der Waals surface area contributed by atoms with Gasteiger partial charge in [0, 0.05) is 17.3 Å². The minimum absolute atomic E-state index is 0.0696. The molecule has 1 aromatic rings. The van der Waals surface area contributed by atoms with Crippen LogP contribution in [0.15, 0.2) is 24.3 Å².